The summed E-state index contributed by atoms with van der Waals surface area (Å²) < 4.78 is 1.25. The molecule has 8 heteroatoms. The van der Waals surface area contributed by atoms with Crippen molar-refractivity contribution in [1.29, 1.82) is 0 Å². The van der Waals surface area contributed by atoms with Gasteiger partial charge in [0.05, 0.1) is 5.69 Å². The zero-order chi connectivity index (χ0) is 18.0. The first-order valence-corrected chi connectivity index (χ1v) is 7.78. The number of H-pyrrole nitrogens is 1. The minimum atomic E-state index is -0.258. The molecule has 128 valence electrons. The Morgan fingerprint density at radius 3 is 2.88 bits per heavy atom. The van der Waals surface area contributed by atoms with E-state index in [9.17, 15) is 14.4 Å². The molecule has 2 N–H and O–H groups in total. The van der Waals surface area contributed by atoms with Crippen LogP contribution in [0.4, 0.5) is 5.69 Å². The molecule has 0 aliphatic heterocycles. The summed E-state index contributed by atoms with van der Waals surface area (Å²) in [6, 6.07) is 6.73. The SMILES string of the molecule is CC(=O)c1cccc(NC(=O)CCc2c(C)nc3nc[nH]n3c2=O)c1. The summed E-state index contributed by atoms with van der Waals surface area (Å²) in [5.41, 5.74) is 1.85. The monoisotopic (exact) mass is 339 g/mol. The topological polar surface area (TPSA) is 109 Å². The molecule has 0 atom stereocenters. The largest absolute Gasteiger partial charge is 0.326 e. The molecule has 0 aliphatic rings. The predicted octanol–water partition coefficient (Wildman–Crippen LogP) is 1.50. The number of fused-ring (bicyclic) bond motifs is 1. The lowest BCUT2D eigenvalue weighted by Gasteiger charge is -2.07. The summed E-state index contributed by atoms with van der Waals surface area (Å²) in [5, 5.41) is 5.44. The van der Waals surface area contributed by atoms with Gasteiger partial charge in [-0.25, -0.2) is 9.97 Å². The summed E-state index contributed by atoms with van der Waals surface area (Å²) in [5.74, 6) is -0.00959. The Morgan fingerprint density at radius 2 is 2.12 bits per heavy atom. The van der Waals surface area contributed by atoms with E-state index in [1.54, 1.807) is 31.2 Å². The van der Waals surface area contributed by atoms with Gasteiger partial charge in [-0.15, -0.1) is 0 Å². The minimum Gasteiger partial charge on any atom is -0.326 e. The highest BCUT2D eigenvalue weighted by Crippen LogP contribution is 2.12. The molecule has 1 aromatic carbocycles. The molecule has 0 saturated carbocycles. The molecule has 0 unspecified atom stereocenters. The van der Waals surface area contributed by atoms with Crippen LogP contribution in [0.2, 0.25) is 0 Å². The second-order valence-corrected chi connectivity index (χ2v) is 5.69. The Hall–Kier alpha value is -3.29. The van der Waals surface area contributed by atoms with Crippen LogP contribution in [-0.2, 0) is 11.2 Å². The second-order valence-electron chi connectivity index (χ2n) is 5.69. The fourth-order valence-electron chi connectivity index (χ4n) is 2.56. The van der Waals surface area contributed by atoms with Gasteiger partial charge in [0, 0.05) is 23.2 Å². The Bertz CT molecular complexity index is 1020. The van der Waals surface area contributed by atoms with Crippen LogP contribution < -0.4 is 10.9 Å². The third-order valence-electron chi connectivity index (χ3n) is 3.89. The fourth-order valence-corrected chi connectivity index (χ4v) is 2.56. The van der Waals surface area contributed by atoms with Crippen LogP contribution in [0.3, 0.4) is 0 Å². The first-order chi connectivity index (χ1) is 12.0. The van der Waals surface area contributed by atoms with Crippen molar-refractivity contribution in [3.63, 3.8) is 0 Å². The molecule has 0 aliphatic carbocycles. The van der Waals surface area contributed by atoms with Crippen LogP contribution in [0.1, 0.15) is 35.0 Å². The average molecular weight is 339 g/mol. The van der Waals surface area contributed by atoms with E-state index in [2.05, 4.69) is 20.4 Å². The average Bonchev–Trinajstić information content (AvgIpc) is 3.03. The smallest absolute Gasteiger partial charge is 0.277 e. The van der Waals surface area contributed by atoms with Crippen molar-refractivity contribution in [3.05, 3.63) is 57.8 Å². The first kappa shape index (κ1) is 16.6. The number of amides is 1. The molecule has 0 saturated heterocycles. The zero-order valence-electron chi connectivity index (χ0n) is 13.9. The number of hydrogen-bond acceptors (Lipinski definition) is 5. The lowest BCUT2D eigenvalue weighted by Crippen LogP contribution is -2.23. The third kappa shape index (κ3) is 3.47. The maximum absolute atomic E-state index is 12.4. The van der Waals surface area contributed by atoms with Gasteiger partial charge in [-0.2, -0.15) is 4.52 Å². The van der Waals surface area contributed by atoms with Gasteiger partial charge in [-0.3, -0.25) is 19.5 Å². The molecule has 3 rings (SSSR count). The number of nitrogens with zero attached hydrogens (tertiary/aromatic N) is 3. The van der Waals surface area contributed by atoms with E-state index < -0.39 is 0 Å². The van der Waals surface area contributed by atoms with Gasteiger partial charge in [-0.05, 0) is 32.4 Å². The molecule has 25 heavy (non-hydrogen) atoms. The van der Waals surface area contributed by atoms with Gasteiger partial charge in [0.15, 0.2) is 5.78 Å². The summed E-state index contributed by atoms with van der Waals surface area (Å²) >= 11 is 0. The molecule has 0 fully saturated rings. The van der Waals surface area contributed by atoms with E-state index in [0.717, 1.165) is 0 Å². The lowest BCUT2D eigenvalue weighted by molar-refractivity contribution is -0.116. The quantitative estimate of drug-likeness (QED) is 0.685. The Kier molecular flexibility index (Phi) is 4.42. The number of aromatic amines is 1. The molecule has 2 aromatic heterocycles. The van der Waals surface area contributed by atoms with Crippen LogP contribution >= 0.6 is 0 Å². The summed E-state index contributed by atoms with van der Waals surface area (Å²) in [6.45, 7) is 3.19. The highest BCUT2D eigenvalue weighted by molar-refractivity contribution is 5.97. The van der Waals surface area contributed by atoms with Crippen molar-refractivity contribution in [2.45, 2.75) is 26.7 Å². The minimum absolute atomic E-state index is 0.0707. The van der Waals surface area contributed by atoms with Crippen LogP contribution in [-0.4, -0.2) is 31.3 Å². The number of Topliss-reactive ketones (excluding diaryl/α,β-unsaturated/α-hetero) is 1. The highest BCUT2D eigenvalue weighted by atomic mass is 16.2. The third-order valence-corrected chi connectivity index (χ3v) is 3.89. The van der Waals surface area contributed by atoms with E-state index in [1.807, 2.05) is 0 Å². The molecule has 0 bridgehead atoms. The summed E-state index contributed by atoms with van der Waals surface area (Å²) in [7, 11) is 0. The number of aryl methyl sites for hydroxylation is 1. The van der Waals surface area contributed by atoms with Crippen molar-refractivity contribution in [3.8, 4) is 0 Å². The lowest BCUT2D eigenvalue weighted by atomic mass is 10.1. The first-order valence-electron chi connectivity index (χ1n) is 7.78. The van der Waals surface area contributed by atoms with Crippen LogP contribution in [0.25, 0.3) is 5.78 Å². The number of rotatable bonds is 5. The van der Waals surface area contributed by atoms with Crippen molar-refractivity contribution < 1.29 is 9.59 Å². The standard InChI is InChI=1S/C17H17N5O3/c1-10-14(16(25)22-17(20-10)18-9-19-22)6-7-15(24)21-13-5-3-4-12(8-13)11(2)23/h3-5,8-9H,6-7H2,1-2H3,(H,21,24)(H,18,19,20). The van der Waals surface area contributed by atoms with Crippen LogP contribution in [0.5, 0.6) is 0 Å². The van der Waals surface area contributed by atoms with Crippen LogP contribution in [0.15, 0.2) is 35.4 Å². The molecule has 0 spiro atoms. The number of ketones is 1. The molecule has 3 aromatic rings. The maximum atomic E-state index is 12.4. The molecule has 0 radical (unpaired) electrons. The van der Waals surface area contributed by atoms with E-state index >= 15 is 0 Å². The number of nitrogens with one attached hydrogen (secondary N) is 2. The van der Waals surface area contributed by atoms with Gasteiger partial charge < -0.3 is 5.32 Å². The summed E-state index contributed by atoms with van der Waals surface area (Å²) in [6.07, 6.45) is 1.78. The molecule has 1 amide bonds. The Morgan fingerprint density at radius 1 is 1.32 bits per heavy atom. The van der Waals surface area contributed by atoms with Crippen molar-refractivity contribution >= 4 is 23.2 Å². The summed E-state index contributed by atoms with van der Waals surface area (Å²) in [4.78, 5) is 44.1. The number of aromatic nitrogens is 4. The van der Waals surface area contributed by atoms with E-state index in [0.29, 0.717) is 28.3 Å². The molecular weight excluding hydrogens is 322 g/mol. The maximum Gasteiger partial charge on any atom is 0.277 e. The van der Waals surface area contributed by atoms with Gasteiger partial charge in [0.25, 0.3) is 11.3 Å². The van der Waals surface area contributed by atoms with Crippen molar-refractivity contribution in [2.75, 3.05) is 5.32 Å². The van der Waals surface area contributed by atoms with Crippen LogP contribution in [0, 0.1) is 6.92 Å². The molecular formula is C17H17N5O3. The van der Waals surface area contributed by atoms with Gasteiger partial charge in [0.2, 0.25) is 5.91 Å². The number of benzene rings is 1. The van der Waals surface area contributed by atoms with E-state index in [4.69, 9.17) is 0 Å². The molecule has 8 nitrogen and oxygen atoms in total. The van der Waals surface area contributed by atoms with Gasteiger partial charge in [0.1, 0.15) is 6.33 Å². The van der Waals surface area contributed by atoms with Gasteiger partial charge in [-0.1, -0.05) is 12.1 Å². The number of anilines is 1. The Labute approximate surface area is 142 Å². The zero-order valence-corrected chi connectivity index (χ0v) is 13.9. The van der Waals surface area contributed by atoms with E-state index in [-0.39, 0.29) is 30.1 Å². The molecule has 2 heterocycles. The predicted molar refractivity (Wildman–Crippen MR) is 91.7 cm³/mol. The fraction of sp³-hybridized carbons (Fsp3) is 0.235. The second kappa shape index (κ2) is 6.68. The van der Waals surface area contributed by atoms with Crippen molar-refractivity contribution in [1.82, 2.24) is 19.6 Å². The number of hydrogen-bond donors (Lipinski definition) is 2. The highest BCUT2D eigenvalue weighted by Gasteiger charge is 2.13. The van der Waals surface area contributed by atoms with E-state index in [1.165, 1.54) is 17.8 Å². The Balaban J connectivity index is 1.72. The number of carbonyl (C=O) groups excluding carboxylic acids is 2. The number of carbonyl (C=O) groups is 2. The van der Waals surface area contributed by atoms with Gasteiger partial charge >= 0.3 is 0 Å². The normalized spacial score (nSPS) is 10.8. The van der Waals surface area contributed by atoms with Crippen molar-refractivity contribution in [2.24, 2.45) is 0 Å².